The third kappa shape index (κ3) is 4.49. The molecule has 0 spiro atoms. The second-order valence-electron chi connectivity index (χ2n) is 5.01. The minimum Gasteiger partial charge on any atom is -0.493 e. The minimum atomic E-state index is -1.34. The summed E-state index contributed by atoms with van der Waals surface area (Å²) in [5.74, 6) is -0.580. The predicted molar refractivity (Wildman–Crippen MR) is 86.1 cm³/mol. The third-order valence-corrected chi connectivity index (χ3v) is 3.43. The Hall–Kier alpha value is -1.99. The molecular formula is C15H21ClN2O5. The first-order chi connectivity index (χ1) is 10.8. The Morgan fingerprint density at radius 1 is 1.35 bits per heavy atom. The zero-order chi connectivity index (χ0) is 17.6. The summed E-state index contributed by atoms with van der Waals surface area (Å²) in [5, 5.41) is 2.77. The van der Waals surface area contributed by atoms with Gasteiger partial charge in [0, 0.05) is 12.7 Å². The zero-order valence-electron chi connectivity index (χ0n) is 13.6. The fraction of sp³-hybridized carbons (Fsp3) is 0.467. The van der Waals surface area contributed by atoms with Crippen molar-refractivity contribution < 1.29 is 23.8 Å². The molecule has 8 heteroatoms. The monoisotopic (exact) mass is 344 g/mol. The van der Waals surface area contributed by atoms with Crippen molar-refractivity contribution in [2.24, 2.45) is 5.73 Å². The molecule has 0 heterocycles. The van der Waals surface area contributed by atoms with Gasteiger partial charge in [-0.15, -0.1) is 0 Å². The highest BCUT2D eigenvalue weighted by atomic mass is 35.5. The van der Waals surface area contributed by atoms with Gasteiger partial charge in [-0.1, -0.05) is 11.6 Å². The molecule has 7 nitrogen and oxygen atoms in total. The highest BCUT2D eigenvalue weighted by Gasteiger charge is 2.33. The molecule has 0 fully saturated rings. The van der Waals surface area contributed by atoms with Gasteiger partial charge in [-0.05, 0) is 26.0 Å². The van der Waals surface area contributed by atoms with Gasteiger partial charge in [-0.3, -0.25) is 9.59 Å². The number of amides is 2. The summed E-state index contributed by atoms with van der Waals surface area (Å²) in [7, 11) is 2.85. The van der Waals surface area contributed by atoms with Gasteiger partial charge in [0.1, 0.15) is 5.54 Å². The van der Waals surface area contributed by atoms with Crippen LogP contribution in [0.5, 0.6) is 11.5 Å². The lowest BCUT2D eigenvalue weighted by molar-refractivity contribution is -0.125. The molecule has 2 amide bonds. The van der Waals surface area contributed by atoms with Crippen molar-refractivity contribution in [1.29, 1.82) is 0 Å². The Morgan fingerprint density at radius 3 is 2.48 bits per heavy atom. The Kier molecular flexibility index (Phi) is 6.65. The summed E-state index contributed by atoms with van der Waals surface area (Å²) in [6.45, 7) is 3.62. The minimum absolute atomic E-state index is 0.0596. The highest BCUT2D eigenvalue weighted by Crippen LogP contribution is 2.36. The predicted octanol–water partition coefficient (Wildman–Crippen LogP) is 1.37. The van der Waals surface area contributed by atoms with Crippen LogP contribution in [0.3, 0.4) is 0 Å². The molecular weight excluding hydrogens is 324 g/mol. The molecule has 1 unspecified atom stereocenters. The van der Waals surface area contributed by atoms with Gasteiger partial charge in [0.2, 0.25) is 5.91 Å². The van der Waals surface area contributed by atoms with Crippen LogP contribution in [0.1, 0.15) is 24.2 Å². The van der Waals surface area contributed by atoms with Crippen LogP contribution in [0.25, 0.3) is 0 Å². The van der Waals surface area contributed by atoms with Crippen LogP contribution in [0.4, 0.5) is 0 Å². The summed E-state index contributed by atoms with van der Waals surface area (Å²) in [6, 6.07) is 2.90. The molecule has 1 aromatic carbocycles. The van der Waals surface area contributed by atoms with E-state index in [9.17, 15) is 9.59 Å². The lowest BCUT2D eigenvalue weighted by atomic mass is 10.0. The fourth-order valence-corrected chi connectivity index (χ4v) is 2.18. The van der Waals surface area contributed by atoms with Crippen LogP contribution in [-0.4, -0.2) is 44.8 Å². The normalized spacial score (nSPS) is 13.1. The topological polar surface area (TPSA) is 99.9 Å². The van der Waals surface area contributed by atoms with E-state index in [-0.39, 0.29) is 17.2 Å². The number of carbonyl (C=O) groups is 2. The van der Waals surface area contributed by atoms with E-state index >= 15 is 0 Å². The Balaban J connectivity index is 3.13. The number of primary amides is 1. The van der Waals surface area contributed by atoms with Crippen molar-refractivity contribution >= 4 is 23.4 Å². The van der Waals surface area contributed by atoms with Gasteiger partial charge in [0.25, 0.3) is 5.91 Å². The average molecular weight is 345 g/mol. The van der Waals surface area contributed by atoms with Crippen molar-refractivity contribution in [3.05, 3.63) is 22.7 Å². The second-order valence-corrected chi connectivity index (χ2v) is 5.41. The van der Waals surface area contributed by atoms with Crippen molar-refractivity contribution in [1.82, 2.24) is 5.32 Å². The third-order valence-electron chi connectivity index (χ3n) is 3.15. The summed E-state index contributed by atoms with van der Waals surface area (Å²) < 4.78 is 15.5. The van der Waals surface area contributed by atoms with E-state index in [0.29, 0.717) is 18.1 Å². The van der Waals surface area contributed by atoms with E-state index in [0.717, 1.165) is 0 Å². The van der Waals surface area contributed by atoms with Crippen molar-refractivity contribution in [2.45, 2.75) is 19.4 Å². The number of carbonyl (C=O) groups excluding carboxylic acids is 2. The van der Waals surface area contributed by atoms with Crippen LogP contribution in [0.15, 0.2) is 12.1 Å². The molecule has 0 aliphatic carbocycles. The van der Waals surface area contributed by atoms with E-state index in [1.807, 2.05) is 0 Å². The molecule has 0 aliphatic heterocycles. The molecule has 0 bridgehead atoms. The van der Waals surface area contributed by atoms with Gasteiger partial charge >= 0.3 is 0 Å². The maximum absolute atomic E-state index is 12.4. The molecule has 0 radical (unpaired) electrons. The maximum atomic E-state index is 12.4. The van der Waals surface area contributed by atoms with E-state index in [1.165, 1.54) is 33.3 Å². The van der Waals surface area contributed by atoms with Crippen molar-refractivity contribution in [3.63, 3.8) is 0 Å². The standard InChI is InChI=1S/C15H21ClN2O5/c1-5-23-12-10(16)6-9(7-11(12)22-4)13(19)18-15(2,8-21-3)14(17)20/h6-7H,5,8H2,1-4H3,(H2,17,20)(H,18,19). The lowest BCUT2D eigenvalue weighted by Gasteiger charge is -2.26. The van der Waals surface area contributed by atoms with Gasteiger partial charge in [0.05, 0.1) is 25.3 Å². The van der Waals surface area contributed by atoms with Crippen LogP contribution < -0.4 is 20.5 Å². The number of nitrogens with two attached hydrogens (primary N) is 1. The average Bonchev–Trinajstić information content (AvgIpc) is 2.49. The van der Waals surface area contributed by atoms with Crippen LogP contribution in [-0.2, 0) is 9.53 Å². The number of rotatable bonds is 8. The molecule has 0 saturated heterocycles. The summed E-state index contributed by atoms with van der Waals surface area (Å²) >= 11 is 6.13. The van der Waals surface area contributed by atoms with Crippen molar-refractivity contribution in [3.8, 4) is 11.5 Å². The fourth-order valence-electron chi connectivity index (χ4n) is 1.92. The summed E-state index contributed by atoms with van der Waals surface area (Å²) in [5.41, 5.74) is 4.19. The molecule has 0 aromatic heterocycles. The van der Waals surface area contributed by atoms with E-state index < -0.39 is 17.4 Å². The highest BCUT2D eigenvalue weighted by molar-refractivity contribution is 6.32. The van der Waals surface area contributed by atoms with E-state index in [1.54, 1.807) is 6.92 Å². The molecule has 0 aliphatic rings. The number of hydrogen-bond acceptors (Lipinski definition) is 5. The van der Waals surface area contributed by atoms with Gasteiger partial charge in [0.15, 0.2) is 11.5 Å². The largest absolute Gasteiger partial charge is 0.493 e. The smallest absolute Gasteiger partial charge is 0.252 e. The first-order valence-corrected chi connectivity index (χ1v) is 7.28. The van der Waals surface area contributed by atoms with Crippen LogP contribution >= 0.6 is 11.6 Å². The maximum Gasteiger partial charge on any atom is 0.252 e. The molecule has 23 heavy (non-hydrogen) atoms. The number of benzene rings is 1. The number of nitrogens with one attached hydrogen (secondary N) is 1. The second kappa shape index (κ2) is 8.03. The molecule has 1 aromatic rings. The molecule has 1 atom stereocenters. The van der Waals surface area contributed by atoms with Gasteiger partial charge < -0.3 is 25.3 Å². The van der Waals surface area contributed by atoms with Gasteiger partial charge in [-0.25, -0.2) is 0 Å². The summed E-state index contributed by atoms with van der Waals surface area (Å²) in [4.78, 5) is 24.0. The molecule has 0 saturated carbocycles. The van der Waals surface area contributed by atoms with E-state index in [4.69, 9.17) is 31.5 Å². The Bertz CT molecular complexity index is 593. The quantitative estimate of drug-likeness (QED) is 0.741. The number of ether oxygens (including phenoxy) is 3. The number of hydrogen-bond donors (Lipinski definition) is 2. The molecule has 3 N–H and O–H groups in total. The number of halogens is 1. The Morgan fingerprint density at radius 2 is 2.00 bits per heavy atom. The SMILES string of the molecule is CCOc1c(Cl)cc(C(=O)NC(C)(COC)C(N)=O)cc1OC. The van der Waals surface area contributed by atoms with Gasteiger partial charge in [-0.2, -0.15) is 0 Å². The lowest BCUT2D eigenvalue weighted by Crippen LogP contribution is -2.58. The number of methoxy groups -OCH3 is 2. The first kappa shape index (κ1) is 19.1. The van der Waals surface area contributed by atoms with Crippen LogP contribution in [0.2, 0.25) is 5.02 Å². The Labute approximate surface area is 140 Å². The van der Waals surface area contributed by atoms with Crippen molar-refractivity contribution in [2.75, 3.05) is 27.4 Å². The molecule has 128 valence electrons. The van der Waals surface area contributed by atoms with Crippen LogP contribution in [0, 0.1) is 0 Å². The molecule has 1 rings (SSSR count). The zero-order valence-corrected chi connectivity index (χ0v) is 14.3. The first-order valence-electron chi connectivity index (χ1n) is 6.90. The van der Waals surface area contributed by atoms with E-state index in [2.05, 4.69) is 5.32 Å². The summed E-state index contributed by atoms with van der Waals surface area (Å²) in [6.07, 6.45) is 0.